The average Bonchev–Trinajstić information content (AvgIpc) is 2.77. The summed E-state index contributed by atoms with van der Waals surface area (Å²) in [5.74, 6) is 0.322. The van der Waals surface area contributed by atoms with E-state index in [1.165, 1.54) is 5.56 Å². The van der Waals surface area contributed by atoms with Crippen LogP contribution in [-0.2, 0) is 20.7 Å². The Balaban J connectivity index is 1.70. The molecule has 1 aromatic carbocycles. The van der Waals surface area contributed by atoms with Crippen molar-refractivity contribution in [3.8, 4) is 0 Å². The molecule has 2 aliphatic heterocycles. The lowest BCUT2D eigenvalue weighted by Gasteiger charge is -2.46. The summed E-state index contributed by atoms with van der Waals surface area (Å²) in [5.41, 5.74) is 0.931. The van der Waals surface area contributed by atoms with Gasteiger partial charge >= 0.3 is 0 Å². The van der Waals surface area contributed by atoms with E-state index in [1.54, 1.807) is 0 Å². The van der Waals surface area contributed by atoms with E-state index in [1.807, 2.05) is 34.9 Å². The first kappa shape index (κ1) is 17.9. The quantitative estimate of drug-likeness (QED) is 0.842. The summed E-state index contributed by atoms with van der Waals surface area (Å²) < 4.78 is 5.53. The van der Waals surface area contributed by atoms with Crippen LogP contribution in [0.2, 0.25) is 0 Å². The van der Waals surface area contributed by atoms with Gasteiger partial charge in [0.1, 0.15) is 0 Å². The van der Waals surface area contributed by atoms with Crippen molar-refractivity contribution in [2.45, 2.75) is 44.6 Å². The van der Waals surface area contributed by atoms with E-state index in [0.29, 0.717) is 45.7 Å². The molecule has 0 atom stereocenters. The fourth-order valence-electron chi connectivity index (χ4n) is 4.11. The molecule has 5 heteroatoms. The number of carbonyl (C=O) groups excluding carboxylic acids is 2. The minimum Gasteiger partial charge on any atom is -0.381 e. The predicted octanol–water partition coefficient (Wildman–Crippen LogP) is 2.25. The fraction of sp³-hybridized carbons (Fsp3) is 0.600. The Kier molecular flexibility index (Phi) is 5.74. The Labute approximate surface area is 149 Å². The molecule has 2 saturated heterocycles. The minimum atomic E-state index is -0.247. The topological polar surface area (TPSA) is 49.9 Å². The number of benzene rings is 1. The molecule has 0 bridgehead atoms. The van der Waals surface area contributed by atoms with E-state index in [4.69, 9.17) is 4.74 Å². The van der Waals surface area contributed by atoms with Gasteiger partial charge in [-0.15, -0.1) is 0 Å². The third-order valence-corrected chi connectivity index (χ3v) is 5.52. The molecule has 3 rings (SSSR count). The van der Waals surface area contributed by atoms with Crippen LogP contribution in [0.5, 0.6) is 0 Å². The van der Waals surface area contributed by atoms with Gasteiger partial charge in [0.15, 0.2) is 0 Å². The van der Waals surface area contributed by atoms with Gasteiger partial charge in [-0.2, -0.15) is 0 Å². The highest BCUT2D eigenvalue weighted by Crippen LogP contribution is 2.32. The van der Waals surface area contributed by atoms with E-state index >= 15 is 0 Å². The largest absolute Gasteiger partial charge is 0.381 e. The zero-order valence-electron chi connectivity index (χ0n) is 15.1. The maximum Gasteiger partial charge on any atom is 0.224 e. The van der Waals surface area contributed by atoms with Gasteiger partial charge in [-0.05, 0) is 31.7 Å². The number of likely N-dealkylation sites (N-methyl/N-ethyl adjacent to an activating group) is 1. The molecule has 0 radical (unpaired) electrons. The Hall–Kier alpha value is -1.88. The van der Waals surface area contributed by atoms with Crippen LogP contribution >= 0.6 is 0 Å². The molecular weight excluding hydrogens is 316 g/mol. The fourth-order valence-corrected chi connectivity index (χ4v) is 4.11. The first-order valence-electron chi connectivity index (χ1n) is 9.34. The molecule has 2 amide bonds. The van der Waals surface area contributed by atoms with Crippen molar-refractivity contribution in [2.75, 3.05) is 32.8 Å². The SMILES string of the molecule is CCN1C(=O)CCN(C(=O)CCc2ccccc2)CC12CCOCC2. The van der Waals surface area contributed by atoms with E-state index in [-0.39, 0.29) is 17.4 Å². The highest BCUT2D eigenvalue weighted by molar-refractivity contribution is 5.81. The van der Waals surface area contributed by atoms with Gasteiger partial charge in [-0.1, -0.05) is 30.3 Å². The normalized spacial score (nSPS) is 20.6. The van der Waals surface area contributed by atoms with E-state index in [0.717, 1.165) is 19.3 Å². The van der Waals surface area contributed by atoms with Gasteiger partial charge in [-0.25, -0.2) is 0 Å². The molecule has 2 aliphatic rings. The first-order valence-corrected chi connectivity index (χ1v) is 9.34. The second-order valence-corrected chi connectivity index (χ2v) is 7.03. The Morgan fingerprint density at radius 3 is 2.60 bits per heavy atom. The third kappa shape index (κ3) is 4.03. The molecule has 25 heavy (non-hydrogen) atoms. The number of amides is 2. The first-order chi connectivity index (χ1) is 12.1. The predicted molar refractivity (Wildman–Crippen MR) is 96.1 cm³/mol. The van der Waals surface area contributed by atoms with Gasteiger partial charge in [0.2, 0.25) is 11.8 Å². The van der Waals surface area contributed by atoms with Crippen LogP contribution in [0, 0.1) is 0 Å². The Bertz CT molecular complexity index is 596. The summed E-state index contributed by atoms with van der Waals surface area (Å²) in [7, 11) is 0. The summed E-state index contributed by atoms with van der Waals surface area (Å²) in [5, 5.41) is 0. The maximum atomic E-state index is 12.8. The monoisotopic (exact) mass is 344 g/mol. The molecule has 5 nitrogen and oxygen atoms in total. The number of nitrogens with zero attached hydrogens (tertiary/aromatic N) is 2. The molecule has 0 saturated carbocycles. The smallest absolute Gasteiger partial charge is 0.224 e. The van der Waals surface area contributed by atoms with Crippen LogP contribution in [0.15, 0.2) is 30.3 Å². The van der Waals surface area contributed by atoms with Gasteiger partial charge in [-0.3, -0.25) is 9.59 Å². The van der Waals surface area contributed by atoms with E-state index in [2.05, 4.69) is 12.1 Å². The number of rotatable bonds is 4. The molecule has 0 N–H and O–H groups in total. The summed E-state index contributed by atoms with van der Waals surface area (Å²) in [4.78, 5) is 29.3. The van der Waals surface area contributed by atoms with Crippen molar-refractivity contribution >= 4 is 11.8 Å². The molecule has 2 heterocycles. The van der Waals surface area contributed by atoms with Crippen LogP contribution in [0.25, 0.3) is 0 Å². The second kappa shape index (κ2) is 8.00. The van der Waals surface area contributed by atoms with Gasteiger partial charge in [0.05, 0.1) is 5.54 Å². The summed E-state index contributed by atoms with van der Waals surface area (Å²) in [6.45, 7) is 5.23. The maximum absolute atomic E-state index is 12.8. The Morgan fingerprint density at radius 2 is 1.92 bits per heavy atom. The summed E-state index contributed by atoms with van der Waals surface area (Å²) >= 11 is 0. The standard InChI is InChI=1S/C20H28N2O3/c1-2-22-19(24)10-13-21(16-20(22)11-14-25-15-12-20)18(23)9-8-17-6-4-3-5-7-17/h3-7H,2,8-16H2,1H3. The number of ether oxygens (including phenoxy) is 1. The van der Waals surface area contributed by atoms with E-state index in [9.17, 15) is 9.59 Å². The highest BCUT2D eigenvalue weighted by atomic mass is 16.5. The van der Waals surface area contributed by atoms with E-state index < -0.39 is 0 Å². The molecule has 1 spiro atoms. The number of carbonyl (C=O) groups is 2. The zero-order valence-corrected chi connectivity index (χ0v) is 15.1. The van der Waals surface area contributed by atoms with Crippen LogP contribution in [0.3, 0.4) is 0 Å². The highest BCUT2D eigenvalue weighted by Gasteiger charge is 2.44. The van der Waals surface area contributed by atoms with Gasteiger partial charge < -0.3 is 14.5 Å². The van der Waals surface area contributed by atoms with Crippen LogP contribution in [0.4, 0.5) is 0 Å². The van der Waals surface area contributed by atoms with Crippen LogP contribution < -0.4 is 0 Å². The van der Waals surface area contributed by atoms with Crippen molar-refractivity contribution in [1.29, 1.82) is 0 Å². The summed E-state index contributed by atoms with van der Waals surface area (Å²) in [6.07, 6.45) is 3.30. The Morgan fingerprint density at radius 1 is 1.20 bits per heavy atom. The third-order valence-electron chi connectivity index (χ3n) is 5.52. The van der Waals surface area contributed by atoms with Crippen molar-refractivity contribution in [3.05, 3.63) is 35.9 Å². The van der Waals surface area contributed by atoms with Crippen molar-refractivity contribution < 1.29 is 14.3 Å². The number of hydrogen-bond donors (Lipinski definition) is 0. The lowest BCUT2D eigenvalue weighted by Crippen LogP contribution is -2.58. The van der Waals surface area contributed by atoms with Gasteiger partial charge in [0, 0.05) is 45.7 Å². The van der Waals surface area contributed by atoms with Crippen LogP contribution in [0.1, 0.15) is 38.2 Å². The molecule has 0 aliphatic carbocycles. The molecular formula is C20H28N2O3. The zero-order chi connectivity index (χ0) is 17.7. The molecule has 136 valence electrons. The minimum absolute atomic E-state index is 0.153. The average molecular weight is 344 g/mol. The number of hydrogen-bond acceptors (Lipinski definition) is 3. The second-order valence-electron chi connectivity index (χ2n) is 7.03. The lowest BCUT2D eigenvalue weighted by atomic mass is 9.87. The number of aryl methyl sites for hydroxylation is 1. The van der Waals surface area contributed by atoms with Crippen molar-refractivity contribution in [3.63, 3.8) is 0 Å². The molecule has 0 unspecified atom stereocenters. The molecule has 0 aromatic heterocycles. The van der Waals surface area contributed by atoms with Crippen molar-refractivity contribution in [1.82, 2.24) is 9.80 Å². The van der Waals surface area contributed by atoms with Crippen LogP contribution in [-0.4, -0.2) is 60.0 Å². The molecule has 1 aromatic rings. The lowest BCUT2D eigenvalue weighted by molar-refractivity contribution is -0.142. The van der Waals surface area contributed by atoms with Gasteiger partial charge in [0.25, 0.3) is 0 Å². The summed E-state index contributed by atoms with van der Waals surface area (Å²) in [6, 6.07) is 10.1. The molecule has 2 fully saturated rings. The van der Waals surface area contributed by atoms with Crippen molar-refractivity contribution in [2.24, 2.45) is 0 Å².